The third-order valence-electron chi connectivity index (χ3n) is 4.56. The number of esters is 1. The summed E-state index contributed by atoms with van der Waals surface area (Å²) in [5, 5.41) is 0. The molecule has 3 heteroatoms. The molecule has 2 nitrogen and oxygen atoms in total. The zero-order chi connectivity index (χ0) is 18.4. The Morgan fingerprint density at radius 1 is 0.808 bits per heavy atom. The number of halogens is 1. The van der Waals surface area contributed by atoms with Crippen molar-refractivity contribution in [2.45, 2.75) is 18.5 Å². The molecule has 1 unspecified atom stereocenters. The van der Waals surface area contributed by atoms with Gasteiger partial charge in [-0.05, 0) is 23.6 Å². The Hall–Kier alpha value is -2.94. The average Bonchev–Trinajstić information content (AvgIpc) is 2.71. The van der Waals surface area contributed by atoms with Crippen molar-refractivity contribution in [3.63, 3.8) is 0 Å². The highest BCUT2D eigenvalue weighted by atomic mass is 19.1. The summed E-state index contributed by atoms with van der Waals surface area (Å²) in [5.74, 6) is -0.857. The first-order valence-electron chi connectivity index (χ1n) is 8.68. The Morgan fingerprint density at radius 2 is 1.15 bits per heavy atom. The third kappa shape index (κ3) is 3.13. The fourth-order valence-electron chi connectivity index (χ4n) is 3.43. The van der Waals surface area contributed by atoms with Gasteiger partial charge in [0.05, 0.1) is 12.0 Å². The van der Waals surface area contributed by atoms with Crippen LogP contribution in [0.1, 0.15) is 23.6 Å². The van der Waals surface area contributed by atoms with Gasteiger partial charge in [0.25, 0.3) is 0 Å². The number of hydrogen-bond donors (Lipinski definition) is 0. The smallest absolute Gasteiger partial charge is 0.342 e. The second kappa shape index (κ2) is 7.96. The summed E-state index contributed by atoms with van der Waals surface area (Å²) in [7, 11) is 0. The van der Waals surface area contributed by atoms with Crippen molar-refractivity contribution in [2.24, 2.45) is 0 Å². The minimum Gasteiger partial charge on any atom is -0.464 e. The van der Waals surface area contributed by atoms with Crippen LogP contribution in [0.25, 0.3) is 0 Å². The van der Waals surface area contributed by atoms with Crippen LogP contribution in [0, 0.1) is 0 Å². The van der Waals surface area contributed by atoms with Gasteiger partial charge in [-0.1, -0.05) is 91.0 Å². The number of benzene rings is 3. The van der Waals surface area contributed by atoms with Crippen LogP contribution in [0.2, 0.25) is 0 Å². The van der Waals surface area contributed by atoms with Crippen LogP contribution >= 0.6 is 0 Å². The molecule has 0 bridgehead atoms. The van der Waals surface area contributed by atoms with Gasteiger partial charge < -0.3 is 4.74 Å². The Morgan fingerprint density at radius 3 is 1.46 bits per heavy atom. The summed E-state index contributed by atoms with van der Waals surface area (Å²) in [6, 6.07) is 27.9. The highest BCUT2D eigenvalue weighted by molar-refractivity contribution is 5.80. The van der Waals surface area contributed by atoms with Crippen molar-refractivity contribution in [1.82, 2.24) is 0 Å². The Balaban J connectivity index is 2.33. The normalized spacial score (nSPS) is 12.4. The van der Waals surface area contributed by atoms with Crippen LogP contribution in [0.15, 0.2) is 91.0 Å². The van der Waals surface area contributed by atoms with Crippen LogP contribution in [-0.2, 0) is 14.9 Å². The molecule has 0 fully saturated rings. The molecule has 3 rings (SSSR count). The van der Waals surface area contributed by atoms with Gasteiger partial charge in [-0.15, -0.1) is 0 Å². The van der Waals surface area contributed by atoms with Crippen LogP contribution in [0.3, 0.4) is 0 Å². The minimum atomic E-state index is -1.88. The molecule has 0 saturated heterocycles. The number of carbonyl (C=O) groups excluding carboxylic acids is 1. The topological polar surface area (TPSA) is 26.3 Å². The molecular weight excluding hydrogens is 327 g/mol. The molecule has 0 aliphatic carbocycles. The lowest BCUT2D eigenvalue weighted by molar-refractivity contribution is -0.150. The minimum absolute atomic E-state index is 0.133. The second-order valence-corrected chi connectivity index (χ2v) is 6.02. The maximum absolute atomic E-state index is 15.9. The van der Waals surface area contributed by atoms with E-state index in [1.54, 1.807) is 6.92 Å². The average molecular weight is 348 g/mol. The SMILES string of the molecule is CCOC(=O)C(F)C(c1ccccc1)(c1ccccc1)c1ccccc1. The summed E-state index contributed by atoms with van der Waals surface area (Å²) >= 11 is 0. The molecule has 0 amide bonds. The van der Waals surface area contributed by atoms with Gasteiger partial charge in [0.2, 0.25) is 6.17 Å². The summed E-state index contributed by atoms with van der Waals surface area (Å²) in [6.07, 6.45) is -1.88. The first-order chi connectivity index (χ1) is 12.7. The zero-order valence-corrected chi connectivity index (χ0v) is 14.6. The molecule has 1 atom stereocenters. The largest absolute Gasteiger partial charge is 0.464 e. The van der Waals surface area contributed by atoms with Gasteiger partial charge >= 0.3 is 5.97 Å². The molecule has 0 aromatic heterocycles. The maximum atomic E-state index is 15.9. The second-order valence-electron chi connectivity index (χ2n) is 6.02. The van der Waals surface area contributed by atoms with Crippen molar-refractivity contribution in [2.75, 3.05) is 6.61 Å². The van der Waals surface area contributed by atoms with E-state index in [0.29, 0.717) is 16.7 Å². The number of ether oxygens (including phenoxy) is 1. The Kier molecular flexibility index (Phi) is 5.47. The molecule has 132 valence electrons. The van der Waals surface area contributed by atoms with E-state index in [0.717, 1.165) is 0 Å². The lowest BCUT2D eigenvalue weighted by Crippen LogP contribution is -2.44. The van der Waals surface area contributed by atoms with E-state index in [1.165, 1.54) is 0 Å². The fourth-order valence-corrected chi connectivity index (χ4v) is 3.43. The number of carbonyl (C=O) groups is 1. The molecule has 26 heavy (non-hydrogen) atoms. The fraction of sp³-hybridized carbons (Fsp3) is 0.174. The molecule has 0 N–H and O–H groups in total. The Bertz CT molecular complexity index is 735. The monoisotopic (exact) mass is 348 g/mol. The molecule has 3 aromatic carbocycles. The van der Waals surface area contributed by atoms with Crippen LogP contribution in [-0.4, -0.2) is 18.7 Å². The maximum Gasteiger partial charge on any atom is 0.342 e. The third-order valence-corrected chi connectivity index (χ3v) is 4.56. The van der Waals surface area contributed by atoms with Crippen LogP contribution < -0.4 is 0 Å². The predicted molar refractivity (Wildman–Crippen MR) is 101 cm³/mol. The zero-order valence-electron chi connectivity index (χ0n) is 14.6. The molecule has 0 aliphatic rings. The first kappa shape index (κ1) is 17.9. The van der Waals surface area contributed by atoms with Gasteiger partial charge in [-0.2, -0.15) is 0 Å². The van der Waals surface area contributed by atoms with Gasteiger partial charge in [-0.3, -0.25) is 0 Å². The number of rotatable bonds is 6. The highest BCUT2D eigenvalue weighted by Gasteiger charge is 2.48. The van der Waals surface area contributed by atoms with Crippen molar-refractivity contribution < 1.29 is 13.9 Å². The molecule has 0 aliphatic heterocycles. The van der Waals surface area contributed by atoms with E-state index < -0.39 is 17.6 Å². The Labute approximate surface area is 153 Å². The number of hydrogen-bond acceptors (Lipinski definition) is 2. The molecule has 0 saturated carbocycles. The van der Waals surface area contributed by atoms with E-state index in [2.05, 4.69) is 0 Å². The van der Waals surface area contributed by atoms with E-state index in [1.807, 2.05) is 91.0 Å². The molecular formula is C23H21FO2. The van der Waals surface area contributed by atoms with Crippen molar-refractivity contribution in [1.29, 1.82) is 0 Å². The lowest BCUT2D eigenvalue weighted by atomic mass is 9.66. The molecule has 0 radical (unpaired) electrons. The summed E-state index contributed by atoms with van der Waals surface area (Å²) in [6.45, 7) is 1.81. The standard InChI is InChI=1S/C23H21FO2/c1-2-26-22(25)21(24)23(18-12-6-3-7-13-18,19-14-8-4-9-15-19)20-16-10-5-11-17-20/h3-17,21H,2H2,1H3. The molecule has 0 spiro atoms. The van der Waals surface area contributed by atoms with Gasteiger partial charge in [0, 0.05) is 0 Å². The van der Waals surface area contributed by atoms with E-state index in [4.69, 9.17) is 4.74 Å². The quantitative estimate of drug-likeness (QED) is 0.467. The van der Waals surface area contributed by atoms with Crippen molar-refractivity contribution in [3.8, 4) is 0 Å². The summed E-state index contributed by atoms with van der Waals surface area (Å²) < 4.78 is 20.9. The van der Waals surface area contributed by atoms with E-state index in [-0.39, 0.29) is 6.61 Å². The summed E-state index contributed by atoms with van der Waals surface area (Å²) in [4.78, 5) is 12.5. The summed E-state index contributed by atoms with van der Waals surface area (Å²) in [5.41, 5.74) is 0.838. The first-order valence-corrected chi connectivity index (χ1v) is 8.68. The number of alkyl halides is 1. The van der Waals surface area contributed by atoms with Gasteiger partial charge in [-0.25, -0.2) is 9.18 Å². The highest BCUT2D eigenvalue weighted by Crippen LogP contribution is 2.43. The van der Waals surface area contributed by atoms with Crippen LogP contribution in [0.4, 0.5) is 4.39 Å². The van der Waals surface area contributed by atoms with Gasteiger partial charge in [0.1, 0.15) is 0 Å². The van der Waals surface area contributed by atoms with Crippen molar-refractivity contribution in [3.05, 3.63) is 108 Å². The lowest BCUT2D eigenvalue weighted by Gasteiger charge is -2.37. The van der Waals surface area contributed by atoms with Gasteiger partial charge in [0.15, 0.2) is 0 Å². The van der Waals surface area contributed by atoms with Crippen molar-refractivity contribution >= 4 is 5.97 Å². The van der Waals surface area contributed by atoms with E-state index in [9.17, 15) is 4.79 Å². The van der Waals surface area contributed by atoms with Crippen LogP contribution in [0.5, 0.6) is 0 Å². The molecule has 3 aromatic rings. The van der Waals surface area contributed by atoms with E-state index >= 15 is 4.39 Å². The molecule has 0 heterocycles. The predicted octanol–water partition coefficient (Wildman–Crippen LogP) is 4.92.